The van der Waals surface area contributed by atoms with E-state index in [1.54, 1.807) is 34.4 Å². The molecule has 0 amide bonds. The van der Waals surface area contributed by atoms with Gasteiger partial charge >= 0.3 is 6.18 Å². The van der Waals surface area contributed by atoms with Crippen LogP contribution in [-0.4, -0.2) is 9.52 Å². The third-order valence-corrected chi connectivity index (χ3v) is 14.6. The van der Waals surface area contributed by atoms with E-state index in [2.05, 4.69) is 79.7 Å². The molecular formula is C43H55F3Si. The van der Waals surface area contributed by atoms with Crippen LogP contribution in [0.1, 0.15) is 159 Å². The van der Waals surface area contributed by atoms with Crippen LogP contribution in [0, 0.1) is 0 Å². The van der Waals surface area contributed by atoms with E-state index in [4.69, 9.17) is 0 Å². The summed E-state index contributed by atoms with van der Waals surface area (Å²) in [7, 11) is 0.349. The quantitative estimate of drug-likeness (QED) is 0.134. The van der Waals surface area contributed by atoms with E-state index < -0.39 is 11.7 Å². The number of alkyl halides is 3. The summed E-state index contributed by atoms with van der Waals surface area (Å²) in [5.41, 5.74) is 8.22. The first-order chi connectivity index (χ1) is 22.4. The maximum absolute atomic E-state index is 13.7. The monoisotopic (exact) mass is 656 g/mol. The Bertz CT molecular complexity index is 1500. The number of rotatable bonds is 12. The zero-order chi connectivity index (χ0) is 34.3. The van der Waals surface area contributed by atoms with Crippen molar-refractivity contribution in [3.8, 4) is 0 Å². The Kier molecular flexibility index (Phi) is 10.2. The molecule has 0 N–H and O–H groups in total. The number of benzene rings is 3. The van der Waals surface area contributed by atoms with Crippen molar-refractivity contribution in [1.29, 1.82) is 0 Å². The summed E-state index contributed by atoms with van der Waals surface area (Å²) < 4.78 is 41.1. The lowest BCUT2D eigenvalue weighted by molar-refractivity contribution is -0.137. The minimum absolute atomic E-state index is 0.0909. The molecule has 3 aromatic rings. The molecular weight excluding hydrogens is 602 g/mol. The normalized spacial score (nSPS) is 19.1. The SMILES string of the molecule is CCC1(CC)CC(CC)(CC)c2c1cc1c(c2[Si]/C(=C/c2ccccc2)c2ccc(C(F)(F)F)cc2)C(CC)(CC)CC1(CC)CC. The van der Waals surface area contributed by atoms with E-state index >= 15 is 0 Å². The summed E-state index contributed by atoms with van der Waals surface area (Å²) in [4.78, 5) is 0. The van der Waals surface area contributed by atoms with Crippen LogP contribution < -0.4 is 5.19 Å². The maximum Gasteiger partial charge on any atom is 0.416 e. The number of halogens is 3. The third-order valence-electron chi connectivity index (χ3n) is 13.2. The zero-order valence-corrected chi connectivity index (χ0v) is 31.1. The molecule has 2 radical (unpaired) electrons. The molecule has 0 heterocycles. The largest absolute Gasteiger partial charge is 0.416 e. The van der Waals surface area contributed by atoms with Crippen molar-refractivity contribution in [2.24, 2.45) is 0 Å². The van der Waals surface area contributed by atoms with Gasteiger partial charge in [0, 0.05) is 0 Å². The molecule has 2 aliphatic rings. The second kappa shape index (κ2) is 13.4. The highest BCUT2D eigenvalue weighted by atomic mass is 28.2. The Morgan fingerprint density at radius 2 is 1.04 bits per heavy atom. The predicted octanol–water partition coefficient (Wildman–Crippen LogP) is 12.3. The molecule has 0 atom stereocenters. The van der Waals surface area contributed by atoms with Gasteiger partial charge in [-0.2, -0.15) is 13.2 Å². The van der Waals surface area contributed by atoms with E-state index in [9.17, 15) is 13.2 Å². The first-order valence-electron chi connectivity index (χ1n) is 18.4. The van der Waals surface area contributed by atoms with Crippen LogP contribution >= 0.6 is 0 Å². The van der Waals surface area contributed by atoms with Crippen LogP contribution in [0.3, 0.4) is 0 Å². The summed E-state index contributed by atoms with van der Waals surface area (Å²) in [6.07, 6.45) is 9.18. The van der Waals surface area contributed by atoms with Gasteiger partial charge in [-0.25, -0.2) is 0 Å². The average molecular weight is 657 g/mol. The van der Waals surface area contributed by atoms with Crippen molar-refractivity contribution >= 4 is 26.0 Å². The molecule has 0 saturated heterocycles. The second-order valence-electron chi connectivity index (χ2n) is 14.6. The van der Waals surface area contributed by atoms with E-state index in [0.29, 0.717) is 9.52 Å². The molecule has 0 bridgehead atoms. The number of hydrogen-bond donors (Lipinski definition) is 0. The molecule has 252 valence electrons. The van der Waals surface area contributed by atoms with Crippen LogP contribution in [0.4, 0.5) is 13.2 Å². The van der Waals surface area contributed by atoms with Gasteiger partial charge in [0.25, 0.3) is 0 Å². The fourth-order valence-corrected chi connectivity index (χ4v) is 11.6. The van der Waals surface area contributed by atoms with Crippen LogP contribution in [-0.2, 0) is 27.8 Å². The summed E-state index contributed by atoms with van der Waals surface area (Å²) >= 11 is 0. The van der Waals surface area contributed by atoms with Crippen molar-refractivity contribution in [3.63, 3.8) is 0 Å². The fourth-order valence-electron chi connectivity index (χ4n) is 9.76. The van der Waals surface area contributed by atoms with E-state index in [1.807, 2.05) is 18.2 Å². The Balaban J connectivity index is 1.90. The fraction of sp³-hybridized carbons (Fsp3) is 0.535. The molecule has 2 aliphatic carbocycles. The molecule has 0 fully saturated rings. The van der Waals surface area contributed by atoms with E-state index in [-0.39, 0.29) is 21.7 Å². The Labute approximate surface area is 285 Å². The summed E-state index contributed by atoms with van der Waals surface area (Å²) in [5, 5.41) is 2.65. The second-order valence-corrected chi connectivity index (χ2v) is 15.9. The van der Waals surface area contributed by atoms with Gasteiger partial charge in [-0.3, -0.25) is 0 Å². The highest BCUT2D eigenvalue weighted by Crippen LogP contribution is 2.61. The van der Waals surface area contributed by atoms with Crippen molar-refractivity contribution in [1.82, 2.24) is 0 Å². The minimum Gasteiger partial charge on any atom is -0.166 e. The molecule has 0 saturated carbocycles. The van der Waals surface area contributed by atoms with Gasteiger partial charge in [0.05, 0.1) is 5.56 Å². The topological polar surface area (TPSA) is 0 Å². The van der Waals surface area contributed by atoms with Gasteiger partial charge in [0.15, 0.2) is 0 Å². The van der Waals surface area contributed by atoms with Gasteiger partial charge in [-0.1, -0.05) is 120 Å². The van der Waals surface area contributed by atoms with E-state index in [0.717, 1.165) is 67.7 Å². The Morgan fingerprint density at radius 3 is 1.43 bits per heavy atom. The van der Waals surface area contributed by atoms with Crippen molar-refractivity contribution in [2.75, 3.05) is 0 Å². The number of fused-ring (bicyclic) bond motifs is 2. The highest BCUT2D eigenvalue weighted by Gasteiger charge is 2.56. The predicted molar refractivity (Wildman–Crippen MR) is 196 cm³/mol. The Morgan fingerprint density at radius 1 is 0.617 bits per heavy atom. The van der Waals surface area contributed by atoms with Crippen molar-refractivity contribution in [2.45, 2.75) is 147 Å². The van der Waals surface area contributed by atoms with Gasteiger partial charge in [0.2, 0.25) is 0 Å². The van der Waals surface area contributed by atoms with Gasteiger partial charge in [-0.15, -0.1) is 0 Å². The summed E-state index contributed by atoms with van der Waals surface area (Å²) in [5.74, 6) is 0. The number of hydrogen-bond acceptors (Lipinski definition) is 0. The van der Waals surface area contributed by atoms with Gasteiger partial charge in [-0.05, 0) is 131 Å². The Hall–Kier alpha value is -2.59. The standard InChI is InChI=1S/C43H55F3Si/c1-9-39(10-2)28-41(13-5,14-6)36-33(39)27-34-37(42(15-7,16-8)29-40(34,11-3)12-4)38(36)47-35(26-30-20-18-17-19-21-30)31-22-24-32(25-23-31)43(44,45)46/h17-27H,9-16,28-29H2,1-8H3/b35-26+. The smallest absolute Gasteiger partial charge is 0.166 e. The van der Waals surface area contributed by atoms with Crippen molar-refractivity contribution in [3.05, 3.63) is 99.6 Å². The van der Waals surface area contributed by atoms with Crippen LogP contribution in [0.15, 0.2) is 60.7 Å². The summed E-state index contributed by atoms with van der Waals surface area (Å²) in [6, 6.07) is 19.0. The highest BCUT2D eigenvalue weighted by molar-refractivity contribution is 6.75. The molecule has 4 heteroatoms. The first kappa shape index (κ1) is 35.7. The lowest BCUT2D eigenvalue weighted by atomic mass is 9.70. The van der Waals surface area contributed by atoms with E-state index in [1.165, 1.54) is 30.2 Å². The lowest BCUT2D eigenvalue weighted by Gasteiger charge is -2.36. The van der Waals surface area contributed by atoms with Crippen molar-refractivity contribution < 1.29 is 13.2 Å². The molecule has 0 aromatic heterocycles. The summed E-state index contributed by atoms with van der Waals surface area (Å²) in [6.45, 7) is 19.1. The molecule has 0 aliphatic heterocycles. The molecule has 3 aromatic carbocycles. The zero-order valence-electron chi connectivity index (χ0n) is 30.1. The van der Waals surface area contributed by atoms with Gasteiger partial charge in [0.1, 0.15) is 9.52 Å². The maximum atomic E-state index is 13.7. The molecule has 47 heavy (non-hydrogen) atoms. The molecule has 0 unspecified atom stereocenters. The van der Waals surface area contributed by atoms with Crippen LogP contribution in [0.5, 0.6) is 0 Å². The average Bonchev–Trinajstić information content (AvgIpc) is 3.56. The molecule has 5 rings (SSSR count). The van der Waals surface area contributed by atoms with Crippen LogP contribution in [0.25, 0.3) is 11.3 Å². The minimum atomic E-state index is -4.36. The molecule has 0 nitrogen and oxygen atoms in total. The third kappa shape index (κ3) is 5.79. The lowest BCUT2D eigenvalue weighted by Crippen LogP contribution is -2.38. The van der Waals surface area contributed by atoms with Crippen LogP contribution in [0.2, 0.25) is 0 Å². The first-order valence-corrected chi connectivity index (χ1v) is 19.4. The molecule has 0 spiro atoms. The van der Waals surface area contributed by atoms with Gasteiger partial charge < -0.3 is 0 Å².